The van der Waals surface area contributed by atoms with Crippen LogP contribution in [0.25, 0.3) is 0 Å². The number of rotatable bonds is 7. The van der Waals surface area contributed by atoms with Gasteiger partial charge in [-0.1, -0.05) is 33.0 Å². The minimum absolute atomic E-state index is 0.118. The van der Waals surface area contributed by atoms with Crippen LogP contribution in [-0.4, -0.2) is 63.6 Å². The summed E-state index contributed by atoms with van der Waals surface area (Å²) in [5.74, 6) is -2.47. The van der Waals surface area contributed by atoms with E-state index in [4.69, 9.17) is 21.7 Å². The fourth-order valence-electron chi connectivity index (χ4n) is 3.89. The minimum atomic E-state index is -0.805. The maximum absolute atomic E-state index is 12.8. The Morgan fingerprint density at radius 3 is 2.59 bits per heavy atom. The smallest absolute Gasteiger partial charge is 0.358 e. The van der Waals surface area contributed by atoms with Crippen LogP contribution in [0.15, 0.2) is 10.6 Å². The number of aliphatic hydroxyl groups is 1. The van der Waals surface area contributed by atoms with Crippen LogP contribution in [-0.2, 0) is 23.9 Å². The van der Waals surface area contributed by atoms with Crippen LogP contribution >= 0.6 is 24.0 Å². The summed E-state index contributed by atoms with van der Waals surface area (Å²) in [5.41, 5.74) is 0.188. The van der Waals surface area contributed by atoms with Gasteiger partial charge in [0.25, 0.3) is 0 Å². The van der Waals surface area contributed by atoms with Gasteiger partial charge in [0.15, 0.2) is 0 Å². The van der Waals surface area contributed by atoms with Crippen LogP contribution in [0.1, 0.15) is 34.1 Å². The van der Waals surface area contributed by atoms with Gasteiger partial charge in [0, 0.05) is 29.0 Å². The molecule has 0 aromatic heterocycles. The van der Waals surface area contributed by atoms with Gasteiger partial charge >= 0.3 is 11.9 Å². The number of nitrogens with zero attached hydrogens (tertiary/aromatic N) is 1. The Kier molecular flexibility index (Phi) is 6.54. The van der Waals surface area contributed by atoms with Gasteiger partial charge in [0.1, 0.15) is 5.70 Å². The summed E-state index contributed by atoms with van der Waals surface area (Å²) in [6, 6.07) is -0.285. The number of fused-ring (bicyclic) bond motifs is 1. The molecule has 3 heterocycles. The molecule has 160 valence electrons. The average molecular weight is 443 g/mol. The van der Waals surface area contributed by atoms with Crippen LogP contribution in [0.4, 0.5) is 0 Å². The van der Waals surface area contributed by atoms with Gasteiger partial charge in [0.05, 0.1) is 29.0 Å². The Hall–Kier alpha value is -1.65. The second-order valence-electron chi connectivity index (χ2n) is 7.88. The van der Waals surface area contributed by atoms with E-state index in [1.165, 1.54) is 16.7 Å². The summed E-state index contributed by atoms with van der Waals surface area (Å²) in [5, 5.41) is 13.3. The lowest BCUT2D eigenvalue weighted by Gasteiger charge is -2.46. The largest absolute Gasteiger partial charge is 0.428 e. The first kappa shape index (κ1) is 22.0. The quantitative estimate of drug-likeness (QED) is 0.260. The molecule has 0 saturated carbocycles. The molecule has 0 spiro atoms. The molecule has 3 rings (SSSR count). The van der Waals surface area contributed by atoms with Crippen molar-refractivity contribution in [2.24, 2.45) is 17.8 Å². The minimum Gasteiger partial charge on any atom is -0.428 e. The number of hydrogen-bond acceptors (Lipinski definition) is 8. The zero-order chi connectivity index (χ0) is 21.5. The van der Waals surface area contributed by atoms with Crippen molar-refractivity contribution in [2.75, 3.05) is 13.3 Å². The maximum atomic E-state index is 12.8. The molecule has 2 saturated heterocycles. The van der Waals surface area contributed by atoms with Crippen LogP contribution in [0.5, 0.6) is 0 Å². The van der Waals surface area contributed by atoms with Gasteiger partial charge < -0.3 is 24.8 Å². The third kappa shape index (κ3) is 4.15. The number of carbonyl (C=O) groups is 3. The third-order valence-electron chi connectivity index (χ3n) is 5.40. The molecule has 1 amide bonds. The van der Waals surface area contributed by atoms with Crippen molar-refractivity contribution in [3.05, 3.63) is 10.6 Å². The first-order chi connectivity index (χ1) is 13.6. The number of amides is 1. The molecule has 2 N–H and O–H groups in total. The third-order valence-corrected chi connectivity index (χ3v) is 7.19. The van der Waals surface area contributed by atoms with Crippen LogP contribution < -0.4 is 5.32 Å². The second kappa shape index (κ2) is 8.61. The number of thiocarbonyl (C=S) groups is 1. The summed E-state index contributed by atoms with van der Waals surface area (Å²) in [7, 11) is 0. The van der Waals surface area contributed by atoms with Crippen molar-refractivity contribution in [3.63, 3.8) is 0 Å². The Morgan fingerprint density at radius 2 is 2.03 bits per heavy atom. The zero-order valence-electron chi connectivity index (χ0n) is 16.8. The first-order valence-electron chi connectivity index (χ1n) is 9.65. The molecule has 29 heavy (non-hydrogen) atoms. The number of β-lactam (4-membered cyclic amide) rings is 1. The van der Waals surface area contributed by atoms with Crippen molar-refractivity contribution in [1.29, 1.82) is 0 Å². The summed E-state index contributed by atoms with van der Waals surface area (Å²) in [6.45, 7) is 7.07. The van der Waals surface area contributed by atoms with E-state index in [0.717, 1.165) is 9.89 Å². The lowest BCUT2D eigenvalue weighted by atomic mass is 9.79. The molecular formula is C19H26N2O6S2. The summed E-state index contributed by atoms with van der Waals surface area (Å²) in [4.78, 5) is 40.0. The van der Waals surface area contributed by atoms with Crippen molar-refractivity contribution in [3.8, 4) is 0 Å². The topological polar surface area (TPSA) is 105 Å². The number of esters is 2. The molecule has 0 aromatic rings. The van der Waals surface area contributed by atoms with Crippen LogP contribution in [0.3, 0.4) is 0 Å². The zero-order valence-corrected chi connectivity index (χ0v) is 18.5. The van der Waals surface area contributed by atoms with Crippen LogP contribution in [0.2, 0.25) is 0 Å². The van der Waals surface area contributed by atoms with E-state index in [1.807, 2.05) is 6.92 Å². The molecule has 3 aliphatic heterocycles. The first-order valence-corrected chi connectivity index (χ1v) is 10.9. The lowest BCUT2D eigenvalue weighted by Crippen LogP contribution is -2.63. The van der Waals surface area contributed by atoms with E-state index in [9.17, 15) is 19.5 Å². The van der Waals surface area contributed by atoms with E-state index in [0.29, 0.717) is 13.0 Å². The van der Waals surface area contributed by atoms with E-state index >= 15 is 0 Å². The Labute approximate surface area is 179 Å². The molecule has 3 aliphatic rings. The molecule has 0 aliphatic carbocycles. The summed E-state index contributed by atoms with van der Waals surface area (Å²) >= 11 is 6.72. The molecule has 0 aromatic carbocycles. The normalized spacial score (nSPS) is 29.5. The second-order valence-corrected chi connectivity index (χ2v) is 9.72. The molecule has 10 heteroatoms. The number of ether oxygens (including phenoxy) is 2. The monoisotopic (exact) mass is 442 g/mol. The molecule has 8 nitrogen and oxygen atoms in total. The lowest BCUT2D eigenvalue weighted by molar-refractivity contribution is -0.173. The average Bonchev–Trinajstić information content (AvgIpc) is 3.15. The van der Waals surface area contributed by atoms with Gasteiger partial charge in [-0.05, 0) is 6.92 Å². The van der Waals surface area contributed by atoms with E-state index in [1.54, 1.807) is 20.8 Å². The predicted octanol–water partition coefficient (Wildman–Crippen LogP) is 1.18. The van der Waals surface area contributed by atoms with E-state index in [-0.39, 0.29) is 34.7 Å². The number of aliphatic hydroxyl groups excluding tert-OH is 1. The summed E-state index contributed by atoms with van der Waals surface area (Å²) < 4.78 is 10.1. The fraction of sp³-hybridized carbons (Fsp3) is 0.684. The van der Waals surface area contributed by atoms with Crippen LogP contribution in [0, 0.1) is 17.8 Å². The number of carbonyl (C=O) groups excluding carboxylic acids is 3. The highest BCUT2D eigenvalue weighted by atomic mass is 32.2. The SMILES string of the molecule is CC(C)C(=O)OCOC(=O)C1=C(S[C@@H]2CNC(=S)C2)[C@H](C)[C@@H]2[C@@H]([C@@H](C)O)C(=O)N12. The Morgan fingerprint density at radius 1 is 1.34 bits per heavy atom. The Balaban J connectivity index is 1.79. The summed E-state index contributed by atoms with van der Waals surface area (Å²) in [6.07, 6.45) is -0.108. The number of thioether (sulfide) groups is 1. The van der Waals surface area contributed by atoms with Gasteiger partial charge in [-0.2, -0.15) is 0 Å². The standard InChI is InChI=1S/C19H26N2O6S2/c1-8(2)18(24)26-7-27-19(25)15-16(29-11-5-12(28)20-6-11)9(3)14-13(10(4)22)17(23)21(14)15/h8-11,13-14,22H,5-7H2,1-4H3,(H,20,28)/t9-,10-,11+,13-,14-/m1/s1. The maximum Gasteiger partial charge on any atom is 0.358 e. The molecular weight excluding hydrogens is 416 g/mol. The molecule has 2 fully saturated rings. The Bertz CT molecular complexity index is 766. The van der Waals surface area contributed by atoms with Crippen molar-refractivity contribution in [2.45, 2.75) is 51.5 Å². The highest BCUT2D eigenvalue weighted by Gasteiger charge is 2.60. The molecule has 0 bridgehead atoms. The fourth-order valence-corrected chi connectivity index (χ4v) is 5.70. The van der Waals surface area contributed by atoms with Crippen molar-refractivity contribution in [1.82, 2.24) is 10.2 Å². The van der Waals surface area contributed by atoms with Gasteiger partial charge in [-0.15, -0.1) is 11.8 Å². The predicted molar refractivity (Wildman–Crippen MR) is 110 cm³/mol. The van der Waals surface area contributed by atoms with Gasteiger partial charge in [-0.25, -0.2) is 4.79 Å². The van der Waals surface area contributed by atoms with Crippen molar-refractivity contribution >= 4 is 46.8 Å². The van der Waals surface area contributed by atoms with Gasteiger partial charge in [0.2, 0.25) is 12.7 Å². The van der Waals surface area contributed by atoms with E-state index in [2.05, 4.69) is 5.32 Å². The number of nitrogens with one attached hydrogen (secondary N) is 1. The molecule has 0 radical (unpaired) electrons. The number of hydrogen-bond donors (Lipinski definition) is 2. The highest BCUT2D eigenvalue weighted by Crippen LogP contribution is 2.51. The van der Waals surface area contributed by atoms with Crippen molar-refractivity contribution < 1.29 is 29.0 Å². The highest BCUT2D eigenvalue weighted by molar-refractivity contribution is 8.03. The van der Waals surface area contributed by atoms with E-state index < -0.39 is 30.8 Å². The molecule has 0 unspecified atom stereocenters. The van der Waals surface area contributed by atoms with Gasteiger partial charge in [-0.3, -0.25) is 9.59 Å². The molecule has 5 atom stereocenters.